The number of halogens is 1. The third-order valence-electron chi connectivity index (χ3n) is 2.10. The van der Waals surface area contributed by atoms with Crippen LogP contribution in [0.25, 0.3) is 0 Å². The number of benzene rings is 1. The predicted molar refractivity (Wildman–Crippen MR) is 62.5 cm³/mol. The molecule has 0 saturated heterocycles. The van der Waals surface area contributed by atoms with Gasteiger partial charge in [-0.25, -0.2) is 0 Å². The van der Waals surface area contributed by atoms with Gasteiger partial charge in [-0.3, -0.25) is 0 Å². The molecule has 0 aliphatic carbocycles. The van der Waals surface area contributed by atoms with E-state index < -0.39 is 0 Å². The molecular formula is C11H17ClN2. The van der Waals surface area contributed by atoms with Crippen molar-refractivity contribution in [2.24, 2.45) is 0 Å². The Morgan fingerprint density at radius 3 is 2.86 bits per heavy atom. The van der Waals surface area contributed by atoms with Crippen LogP contribution in [0.1, 0.15) is 25.3 Å². The molecule has 3 heteroatoms. The summed E-state index contributed by atoms with van der Waals surface area (Å²) in [5.41, 5.74) is 7.53. The lowest BCUT2D eigenvalue weighted by molar-refractivity contribution is 0.641. The zero-order chi connectivity index (χ0) is 10.4. The van der Waals surface area contributed by atoms with Crippen LogP contribution >= 0.6 is 11.6 Å². The van der Waals surface area contributed by atoms with Gasteiger partial charge in [-0.1, -0.05) is 31.0 Å². The second-order valence-electron chi connectivity index (χ2n) is 3.39. The maximum absolute atomic E-state index is 5.82. The van der Waals surface area contributed by atoms with E-state index in [-0.39, 0.29) is 0 Å². The van der Waals surface area contributed by atoms with Crippen molar-refractivity contribution in [1.82, 2.24) is 5.32 Å². The molecule has 2 nitrogen and oxygen atoms in total. The summed E-state index contributed by atoms with van der Waals surface area (Å²) in [6.07, 6.45) is 2.43. The molecule has 1 aromatic carbocycles. The van der Waals surface area contributed by atoms with Crippen molar-refractivity contribution in [2.45, 2.75) is 26.3 Å². The average Bonchev–Trinajstić information content (AvgIpc) is 2.18. The van der Waals surface area contributed by atoms with Crippen LogP contribution in [0.3, 0.4) is 0 Å². The van der Waals surface area contributed by atoms with Crippen molar-refractivity contribution in [1.29, 1.82) is 0 Å². The Morgan fingerprint density at radius 1 is 1.43 bits per heavy atom. The zero-order valence-electron chi connectivity index (χ0n) is 8.52. The Labute approximate surface area is 90.4 Å². The highest BCUT2D eigenvalue weighted by Gasteiger charge is 1.97. The van der Waals surface area contributed by atoms with Crippen LogP contribution in [0.15, 0.2) is 18.2 Å². The van der Waals surface area contributed by atoms with Gasteiger partial charge in [0.1, 0.15) is 0 Å². The average molecular weight is 213 g/mol. The number of unbranched alkanes of at least 4 members (excludes halogenated alkanes) is 1. The number of nitrogen functional groups attached to an aromatic ring is 1. The normalized spacial score (nSPS) is 10.4. The molecule has 0 aliphatic heterocycles. The summed E-state index contributed by atoms with van der Waals surface area (Å²) in [6, 6.07) is 5.76. The van der Waals surface area contributed by atoms with Crippen LogP contribution in [0.5, 0.6) is 0 Å². The first-order valence-corrected chi connectivity index (χ1v) is 5.36. The van der Waals surface area contributed by atoms with Gasteiger partial charge in [0, 0.05) is 6.54 Å². The minimum absolute atomic E-state index is 0.627. The highest BCUT2D eigenvalue weighted by Crippen LogP contribution is 2.19. The molecule has 0 amide bonds. The molecule has 3 N–H and O–H groups in total. The molecule has 0 spiro atoms. The summed E-state index contributed by atoms with van der Waals surface area (Å²) in [6.45, 7) is 4.10. The predicted octanol–water partition coefficient (Wildman–Crippen LogP) is 2.81. The van der Waals surface area contributed by atoms with E-state index in [2.05, 4.69) is 12.2 Å². The fraction of sp³-hybridized carbons (Fsp3) is 0.455. The zero-order valence-corrected chi connectivity index (χ0v) is 9.27. The molecule has 0 atom stereocenters. The maximum atomic E-state index is 5.82. The van der Waals surface area contributed by atoms with Gasteiger partial charge in [-0.05, 0) is 30.7 Å². The van der Waals surface area contributed by atoms with Gasteiger partial charge in [0.2, 0.25) is 0 Å². The Kier molecular flexibility index (Phi) is 4.77. The summed E-state index contributed by atoms with van der Waals surface area (Å²) in [7, 11) is 0. The van der Waals surface area contributed by atoms with E-state index >= 15 is 0 Å². The Morgan fingerprint density at radius 2 is 2.21 bits per heavy atom. The lowest BCUT2D eigenvalue weighted by atomic mass is 10.2. The van der Waals surface area contributed by atoms with Crippen LogP contribution in [0.2, 0.25) is 5.02 Å². The molecule has 14 heavy (non-hydrogen) atoms. The van der Waals surface area contributed by atoms with Crippen LogP contribution in [-0.2, 0) is 6.54 Å². The van der Waals surface area contributed by atoms with Crippen LogP contribution < -0.4 is 11.1 Å². The number of hydrogen-bond donors (Lipinski definition) is 2. The summed E-state index contributed by atoms with van der Waals surface area (Å²) in [4.78, 5) is 0. The lowest BCUT2D eigenvalue weighted by Gasteiger charge is -2.05. The van der Waals surface area contributed by atoms with E-state index in [1.807, 2.05) is 18.2 Å². The van der Waals surface area contributed by atoms with Crippen molar-refractivity contribution >= 4 is 17.3 Å². The van der Waals surface area contributed by atoms with E-state index in [4.69, 9.17) is 17.3 Å². The quantitative estimate of drug-likeness (QED) is 0.582. The molecule has 0 unspecified atom stereocenters. The van der Waals surface area contributed by atoms with Crippen LogP contribution in [-0.4, -0.2) is 6.54 Å². The molecule has 0 aromatic heterocycles. The van der Waals surface area contributed by atoms with Gasteiger partial charge in [0.05, 0.1) is 10.7 Å². The fourth-order valence-corrected chi connectivity index (χ4v) is 1.36. The molecule has 0 bridgehead atoms. The highest BCUT2D eigenvalue weighted by atomic mass is 35.5. The van der Waals surface area contributed by atoms with Gasteiger partial charge < -0.3 is 11.1 Å². The summed E-state index contributed by atoms with van der Waals surface area (Å²) in [5.74, 6) is 0. The van der Waals surface area contributed by atoms with Gasteiger partial charge in [-0.2, -0.15) is 0 Å². The fourth-order valence-electron chi connectivity index (χ4n) is 1.24. The van der Waals surface area contributed by atoms with E-state index in [0.29, 0.717) is 10.7 Å². The SMILES string of the molecule is CCCCNCc1ccc(Cl)c(N)c1. The number of nitrogens with two attached hydrogens (primary N) is 1. The number of anilines is 1. The molecule has 0 aliphatic rings. The maximum Gasteiger partial charge on any atom is 0.0635 e. The van der Waals surface area contributed by atoms with Crippen molar-refractivity contribution in [3.63, 3.8) is 0 Å². The van der Waals surface area contributed by atoms with E-state index in [9.17, 15) is 0 Å². The highest BCUT2D eigenvalue weighted by molar-refractivity contribution is 6.33. The van der Waals surface area contributed by atoms with Crippen molar-refractivity contribution in [3.05, 3.63) is 28.8 Å². The summed E-state index contributed by atoms with van der Waals surface area (Å²) < 4.78 is 0. The molecule has 0 saturated carbocycles. The first-order valence-electron chi connectivity index (χ1n) is 4.98. The van der Waals surface area contributed by atoms with E-state index in [1.54, 1.807) is 0 Å². The Bertz CT molecular complexity index is 287. The van der Waals surface area contributed by atoms with Crippen LogP contribution in [0.4, 0.5) is 5.69 Å². The summed E-state index contributed by atoms with van der Waals surface area (Å²) >= 11 is 5.82. The summed E-state index contributed by atoms with van der Waals surface area (Å²) in [5, 5.41) is 3.98. The Hall–Kier alpha value is -0.730. The topological polar surface area (TPSA) is 38.0 Å². The molecule has 0 fully saturated rings. The molecule has 78 valence electrons. The number of rotatable bonds is 5. The van der Waals surface area contributed by atoms with Gasteiger partial charge in [-0.15, -0.1) is 0 Å². The standard InChI is InChI=1S/C11H17ClN2/c1-2-3-6-14-8-9-4-5-10(12)11(13)7-9/h4-5,7,14H,2-3,6,8,13H2,1H3. The third kappa shape index (κ3) is 3.56. The Balaban J connectivity index is 2.39. The molecule has 1 rings (SSSR count). The largest absolute Gasteiger partial charge is 0.398 e. The second-order valence-corrected chi connectivity index (χ2v) is 3.79. The van der Waals surface area contributed by atoms with E-state index in [0.717, 1.165) is 13.1 Å². The lowest BCUT2D eigenvalue weighted by Crippen LogP contribution is -2.14. The van der Waals surface area contributed by atoms with Crippen molar-refractivity contribution in [3.8, 4) is 0 Å². The van der Waals surface area contributed by atoms with Gasteiger partial charge in [0.15, 0.2) is 0 Å². The van der Waals surface area contributed by atoms with Gasteiger partial charge in [0.25, 0.3) is 0 Å². The second kappa shape index (κ2) is 5.89. The molecule has 1 aromatic rings. The molecule has 0 radical (unpaired) electrons. The van der Waals surface area contributed by atoms with E-state index in [1.165, 1.54) is 18.4 Å². The third-order valence-corrected chi connectivity index (χ3v) is 2.44. The minimum Gasteiger partial charge on any atom is -0.398 e. The van der Waals surface area contributed by atoms with Crippen molar-refractivity contribution in [2.75, 3.05) is 12.3 Å². The smallest absolute Gasteiger partial charge is 0.0635 e. The monoisotopic (exact) mass is 212 g/mol. The minimum atomic E-state index is 0.627. The first-order chi connectivity index (χ1) is 6.74. The first kappa shape index (κ1) is 11.3. The van der Waals surface area contributed by atoms with Crippen LogP contribution in [0, 0.1) is 0 Å². The molecule has 0 heterocycles. The number of hydrogen-bond acceptors (Lipinski definition) is 2. The van der Waals surface area contributed by atoms with Crippen molar-refractivity contribution < 1.29 is 0 Å². The van der Waals surface area contributed by atoms with Gasteiger partial charge >= 0.3 is 0 Å². The molecular weight excluding hydrogens is 196 g/mol. The number of nitrogens with one attached hydrogen (secondary N) is 1.